The van der Waals surface area contributed by atoms with Gasteiger partial charge in [0.15, 0.2) is 0 Å². The summed E-state index contributed by atoms with van der Waals surface area (Å²) >= 11 is 0. The summed E-state index contributed by atoms with van der Waals surface area (Å²) < 4.78 is 32.5. The highest BCUT2D eigenvalue weighted by atomic mass is 32.2. The maximum absolute atomic E-state index is 13.1. The van der Waals surface area contributed by atoms with Gasteiger partial charge in [0.05, 0.1) is 34.9 Å². The quantitative estimate of drug-likeness (QED) is 0.534. The molecular weight excluding hydrogens is 482 g/mol. The molecule has 184 valence electrons. The van der Waals surface area contributed by atoms with Gasteiger partial charge in [0.25, 0.3) is 17.7 Å². The van der Waals surface area contributed by atoms with Crippen molar-refractivity contribution in [2.45, 2.75) is 11.8 Å². The SMILES string of the molecule is Cc1ccccc1N1C(=O)c2ccc(C(=O)Nc3cccc(S(=O)(=O)N4CCOCC4)c3)cc2C1=O. The number of imide groups is 1. The first-order valence-corrected chi connectivity index (χ1v) is 12.8. The standard InChI is InChI=1S/C26H23N3O6S/c1-17-5-2-3-8-23(17)29-25(31)21-10-9-18(15-22(21)26(29)32)24(30)27-19-6-4-7-20(16-19)36(33,34)28-11-13-35-14-12-28/h2-10,15-16H,11-14H2,1H3,(H,27,30). The minimum Gasteiger partial charge on any atom is -0.379 e. The van der Waals surface area contributed by atoms with Crippen molar-refractivity contribution in [3.63, 3.8) is 0 Å². The maximum Gasteiger partial charge on any atom is 0.266 e. The Bertz CT molecular complexity index is 1500. The molecule has 2 aliphatic heterocycles. The lowest BCUT2D eigenvalue weighted by molar-refractivity contribution is 0.0730. The molecular formula is C26H23N3O6S. The van der Waals surface area contributed by atoms with E-state index >= 15 is 0 Å². The van der Waals surface area contributed by atoms with Crippen molar-refractivity contribution in [1.82, 2.24) is 4.31 Å². The van der Waals surface area contributed by atoms with Crippen molar-refractivity contribution in [2.75, 3.05) is 36.5 Å². The Kier molecular flexibility index (Phi) is 6.17. The monoisotopic (exact) mass is 505 g/mol. The van der Waals surface area contributed by atoms with Gasteiger partial charge in [-0.1, -0.05) is 24.3 Å². The second-order valence-corrected chi connectivity index (χ2v) is 10.4. The van der Waals surface area contributed by atoms with E-state index in [2.05, 4.69) is 5.32 Å². The van der Waals surface area contributed by atoms with Crippen LogP contribution >= 0.6 is 0 Å². The summed E-state index contributed by atoms with van der Waals surface area (Å²) in [6, 6.07) is 17.4. The van der Waals surface area contributed by atoms with Crippen molar-refractivity contribution >= 4 is 39.1 Å². The summed E-state index contributed by atoms with van der Waals surface area (Å²) in [7, 11) is -3.73. The molecule has 9 nitrogen and oxygen atoms in total. The van der Waals surface area contributed by atoms with Gasteiger partial charge >= 0.3 is 0 Å². The number of carbonyl (C=O) groups is 3. The zero-order chi connectivity index (χ0) is 25.4. The van der Waals surface area contributed by atoms with Crippen LogP contribution in [0.15, 0.2) is 71.6 Å². The highest BCUT2D eigenvalue weighted by Crippen LogP contribution is 2.31. The molecule has 3 aromatic rings. The van der Waals surface area contributed by atoms with Gasteiger partial charge < -0.3 is 10.1 Å². The fourth-order valence-electron chi connectivity index (χ4n) is 4.29. The number of nitrogens with zero attached hydrogens (tertiary/aromatic N) is 2. The van der Waals surface area contributed by atoms with Crippen LogP contribution in [-0.2, 0) is 14.8 Å². The molecule has 0 bridgehead atoms. The lowest BCUT2D eigenvalue weighted by Gasteiger charge is -2.26. The third kappa shape index (κ3) is 4.19. The van der Waals surface area contributed by atoms with Gasteiger partial charge in [-0.25, -0.2) is 13.3 Å². The topological polar surface area (TPSA) is 113 Å². The van der Waals surface area contributed by atoms with Crippen LogP contribution < -0.4 is 10.2 Å². The summed E-state index contributed by atoms with van der Waals surface area (Å²) in [6.45, 7) is 3.00. The molecule has 0 radical (unpaired) electrons. The summed E-state index contributed by atoms with van der Waals surface area (Å²) in [4.78, 5) is 40.2. The number of rotatable bonds is 5. The predicted octanol–water partition coefficient (Wildman–Crippen LogP) is 3.07. The Labute approximate surface area is 208 Å². The molecule has 3 aromatic carbocycles. The van der Waals surface area contributed by atoms with E-state index in [1.807, 2.05) is 19.1 Å². The zero-order valence-corrected chi connectivity index (χ0v) is 20.2. The van der Waals surface area contributed by atoms with Crippen LogP contribution in [0.1, 0.15) is 36.6 Å². The fourth-order valence-corrected chi connectivity index (χ4v) is 5.74. The second-order valence-electron chi connectivity index (χ2n) is 8.49. The molecule has 0 saturated carbocycles. The summed E-state index contributed by atoms with van der Waals surface area (Å²) in [6.07, 6.45) is 0. The van der Waals surface area contributed by atoms with Crippen LogP contribution in [0, 0.1) is 6.92 Å². The number of hydrogen-bond acceptors (Lipinski definition) is 6. The van der Waals surface area contributed by atoms with Crippen LogP contribution in [0.25, 0.3) is 0 Å². The van der Waals surface area contributed by atoms with Gasteiger partial charge in [0.1, 0.15) is 0 Å². The molecule has 10 heteroatoms. The van der Waals surface area contributed by atoms with E-state index in [9.17, 15) is 22.8 Å². The number of amides is 3. The van der Waals surface area contributed by atoms with Gasteiger partial charge in [0.2, 0.25) is 10.0 Å². The first kappa shape index (κ1) is 23.9. The van der Waals surface area contributed by atoms with Crippen LogP contribution in [0.3, 0.4) is 0 Å². The number of fused-ring (bicyclic) bond motifs is 1. The third-order valence-electron chi connectivity index (χ3n) is 6.20. The lowest BCUT2D eigenvalue weighted by Crippen LogP contribution is -2.40. The molecule has 1 fully saturated rings. The van der Waals surface area contributed by atoms with E-state index in [-0.39, 0.29) is 34.7 Å². The van der Waals surface area contributed by atoms with Gasteiger partial charge in [-0.15, -0.1) is 0 Å². The lowest BCUT2D eigenvalue weighted by atomic mass is 10.1. The normalized spacial score (nSPS) is 16.2. The number of hydrogen-bond donors (Lipinski definition) is 1. The van der Waals surface area contributed by atoms with Crippen molar-refractivity contribution in [1.29, 1.82) is 0 Å². The third-order valence-corrected chi connectivity index (χ3v) is 8.10. The summed E-state index contributed by atoms with van der Waals surface area (Å²) in [5.74, 6) is -1.48. The number of aryl methyl sites for hydroxylation is 1. The molecule has 0 unspecified atom stereocenters. The second kappa shape index (κ2) is 9.30. The molecule has 2 aliphatic rings. The molecule has 0 aliphatic carbocycles. The van der Waals surface area contributed by atoms with E-state index in [0.29, 0.717) is 24.6 Å². The summed E-state index contributed by atoms with van der Waals surface area (Å²) in [5.41, 5.74) is 2.09. The minimum atomic E-state index is -3.73. The maximum atomic E-state index is 13.1. The number of anilines is 2. The number of ether oxygens (including phenoxy) is 1. The predicted molar refractivity (Wildman–Crippen MR) is 133 cm³/mol. The number of carbonyl (C=O) groups excluding carboxylic acids is 3. The van der Waals surface area contributed by atoms with Crippen molar-refractivity contribution in [3.05, 3.63) is 89.0 Å². The van der Waals surface area contributed by atoms with Crippen molar-refractivity contribution in [2.24, 2.45) is 0 Å². The first-order valence-electron chi connectivity index (χ1n) is 11.3. The number of morpholine rings is 1. The average Bonchev–Trinajstić information content (AvgIpc) is 3.14. The van der Waals surface area contributed by atoms with E-state index in [0.717, 1.165) is 10.5 Å². The molecule has 36 heavy (non-hydrogen) atoms. The van der Waals surface area contributed by atoms with Gasteiger partial charge in [0, 0.05) is 24.3 Å². The van der Waals surface area contributed by atoms with E-state index in [1.54, 1.807) is 24.3 Å². The highest BCUT2D eigenvalue weighted by molar-refractivity contribution is 7.89. The van der Waals surface area contributed by atoms with Crippen LogP contribution in [-0.4, -0.2) is 56.7 Å². The Morgan fingerprint density at radius 1 is 0.889 bits per heavy atom. The Morgan fingerprint density at radius 2 is 1.61 bits per heavy atom. The molecule has 5 rings (SSSR count). The molecule has 3 amide bonds. The molecule has 0 spiro atoms. The summed E-state index contributed by atoms with van der Waals surface area (Å²) in [5, 5.41) is 2.69. The number of nitrogens with one attached hydrogen (secondary N) is 1. The van der Waals surface area contributed by atoms with Crippen molar-refractivity contribution in [3.8, 4) is 0 Å². The average molecular weight is 506 g/mol. The Morgan fingerprint density at radius 3 is 2.36 bits per heavy atom. The van der Waals surface area contributed by atoms with Gasteiger partial charge in [-0.3, -0.25) is 14.4 Å². The molecule has 2 heterocycles. The van der Waals surface area contributed by atoms with Crippen molar-refractivity contribution < 1.29 is 27.5 Å². The smallest absolute Gasteiger partial charge is 0.266 e. The van der Waals surface area contributed by atoms with E-state index < -0.39 is 27.7 Å². The largest absolute Gasteiger partial charge is 0.379 e. The Balaban J connectivity index is 1.38. The minimum absolute atomic E-state index is 0.0609. The van der Waals surface area contributed by atoms with E-state index in [1.165, 1.54) is 34.6 Å². The van der Waals surface area contributed by atoms with Crippen LogP contribution in [0.5, 0.6) is 0 Å². The number of para-hydroxylation sites is 1. The van der Waals surface area contributed by atoms with Gasteiger partial charge in [-0.05, 0) is 55.0 Å². The number of sulfonamides is 1. The van der Waals surface area contributed by atoms with Crippen LogP contribution in [0.2, 0.25) is 0 Å². The van der Waals surface area contributed by atoms with E-state index in [4.69, 9.17) is 4.74 Å². The van der Waals surface area contributed by atoms with Gasteiger partial charge in [-0.2, -0.15) is 4.31 Å². The van der Waals surface area contributed by atoms with Crippen LogP contribution in [0.4, 0.5) is 11.4 Å². The Hall–Kier alpha value is -3.86. The molecule has 0 aromatic heterocycles. The number of benzene rings is 3. The molecule has 1 saturated heterocycles. The first-order chi connectivity index (χ1) is 17.3. The highest BCUT2D eigenvalue weighted by Gasteiger charge is 2.37. The zero-order valence-electron chi connectivity index (χ0n) is 19.4. The molecule has 1 N–H and O–H groups in total. The molecule has 0 atom stereocenters. The fraction of sp³-hybridized carbons (Fsp3) is 0.192.